The Labute approximate surface area is 290 Å². The SMILES string of the molecule is CCCCCCCCCCCCCCCCOCCOCCOCCOCCOCCOCCOCCN1C(=O)c2ccccc2C1=O. The molecule has 1 aliphatic heterocycles. The van der Waals surface area contributed by atoms with Gasteiger partial charge in [-0.15, -0.1) is 0 Å². The van der Waals surface area contributed by atoms with Crippen LogP contribution in [0.15, 0.2) is 24.3 Å². The van der Waals surface area contributed by atoms with Crippen LogP contribution in [-0.4, -0.2) is 116 Å². The number of fused-ring (bicyclic) bond motifs is 1. The van der Waals surface area contributed by atoms with Gasteiger partial charge in [0.25, 0.3) is 11.8 Å². The Bertz CT molecular complexity index is 881. The molecule has 1 heterocycles. The highest BCUT2D eigenvalue weighted by atomic mass is 16.6. The maximum atomic E-state index is 12.3. The van der Waals surface area contributed by atoms with Crippen molar-refractivity contribution >= 4 is 11.8 Å². The Hall–Kier alpha value is -1.92. The number of nitrogens with zero attached hydrogens (tertiary/aromatic N) is 1. The molecule has 1 aromatic carbocycles. The first-order valence-electron chi connectivity index (χ1n) is 18.7. The highest BCUT2D eigenvalue weighted by molar-refractivity contribution is 6.21. The lowest BCUT2D eigenvalue weighted by Crippen LogP contribution is -2.33. The summed E-state index contributed by atoms with van der Waals surface area (Å²) in [6, 6.07) is 6.85. The Morgan fingerprint density at radius 2 is 0.688 bits per heavy atom. The van der Waals surface area contributed by atoms with E-state index in [0.717, 1.165) is 13.0 Å². The van der Waals surface area contributed by atoms with Gasteiger partial charge in [-0.3, -0.25) is 14.5 Å². The van der Waals surface area contributed by atoms with Crippen LogP contribution >= 0.6 is 0 Å². The monoisotopic (exact) mass is 679 g/mol. The van der Waals surface area contributed by atoms with Crippen LogP contribution in [0.25, 0.3) is 0 Å². The van der Waals surface area contributed by atoms with E-state index in [1.54, 1.807) is 24.3 Å². The molecule has 0 bridgehead atoms. The van der Waals surface area contributed by atoms with Crippen LogP contribution in [0.4, 0.5) is 0 Å². The van der Waals surface area contributed by atoms with Crippen LogP contribution < -0.4 is 0 Å². The van der Waals surface area contributed by atoms with Crippen molar-refractivity contribution in [3.63, 3.8) is 0 Å². The Morgan fingerprint density at radius 3 is 1.04 bits per heavy atom. The summed E-state index contributed by atoms with van der Waals surface area (Å²) in [7, 11) is 0. The fourth-order valence-corrected chi connectivity index (χ4v) is 5.42. The molecule has 0 N–H and O–H groups in total. The van der Waals surface area contributed by atoms with Gasteiger partial charge in [0.1, 0.15) is 0 Å². The quantitative estimate of drug-likeness (QED) is 0.0555. The van der Waals surface area contributed by atoms with E-state index in [2.05, 4.69) is 6.92 Å². The average Bonchev–Trinajstić information content (AvgIpc) is 3.34. The first-order chi connectivity index (χ1) is 23.8. The summed E-state index contributed by atoms with van der Waals surface area (Å²) < 4.78 is 38.7. The molecule has 10 heteroatoms. The van der Waals surface area contributed by atoms with Crippen LogP contribution in [0.5, 0.6) is 0 Å². The molecular formula is C38H65NO9. The van der Waals surface area contributed by atoms with Gasteiger partial charge < -0.3 is 33.2 Å². The lowest BCUT2D eigenvalue weighted by atomic mass is 10.0. The number of carbonyl (C=O) groups is 2. The Morgan fingerprint density at radius 1 is 0.396 bits per heavy atom. The highest BCUT2D eigenvalue weighted by Crippen LogP contribution is 2.22. The van der Waals surface area contributed by atoms with E-state index in [4.69, 9.17) is 33.2 Å². The summed E-state index contributed by atoms with van der Waals surface area (Å²) >= 11 is 0. The second-order valence-corrected chi connectivity index (χ2v) is 12.2. The molecule has 0 saturated carbocycles. The van der Waals surface area contributed by atoms with E-state index in [0.29, 0.717) is 90.4 Å². The normalized spacial score (nSPS) is 12.8. The van der Waals surface area contributed by atoms with E-state index in [1.807, 2.05) is 0 Å². The summed E-state index contributed by atoms with van der Waals surface area (Å²) in [6.07, 6.45) is 19.2. The number of hydrogen-bond donors (Lipinski definition) is 0. The van der Waals surface area contributed by atoms with Crippen molar-refractivity contribution in [1.82, 2.24) is 4.90 Å². The molecule has 276 valence electrons. The van der Waals surface area contributed by atoms with E-state index in [9.17, 15) is 9.59 Å². The number of benzene rings is 1. The van der Waals surface area contributed by atoms with Gasteiger partial charge in [-0.25, -0.2) is 0 Å². The van der Waals surface area contributed by atoms with Crippen LogP contribution in [0.1, 0.15) is 118 Å². The van der Waals surface area contributed by atoms with Crippen molar-refractivity contribution in [2.24, 2.45) is 0 Å². The maximum absolute atomic E-state index is 12.3. The zero-order chi connectivity index (χ0) is 34.2. The molecule has 0 unspecified atom stereocenters. The lowest BCUT2D eigenvalue weighted by molar-refractivity contribution is -0.0208. The summed E-state index contributed by atoms with van der Waals surface area (Å²) in [5.41, 5.74) is 0.902. The zero-order valence-corrected chi connectivity index (χ0v) is 29.9. The molecule has 0 fully saturated rings. The molecule has 0 aliphatic carbocycles. The minimum Gasteiger partial charge on any atom is -0.379 e. The predicted octanol–water partition coefficient (Wildman–Crippen LogP) is 6.88. The van der Waals surface area contributed by atoms with E-state index < -0.39 is 0 Å². The van der Waals surface area contributed by atoms with E-state index >= 15 is 0 Å². The zero-order valence-electron chi connectivity index (χ0n) is 29.9. The third-order valence-electron chi connectivity index (χ3n) is 8.21. The molecule has 0 saturated heterocycles. The number of hydrogen-bond acceptors (Lipinski definition) is 9. The van der Waals surface area contributed by atoms with Crippen molar-refractivity contribution in [1.29, 1.82) is 0 Å². The Balaban J connectivity index is 1.17. The second kappa shape index (κ2) is 31.1. The van der Waals surface area contributed by atoms with Gasteiger partial charge in [-0.1, -0.05) is 103 Å². The number of ether oxygens (including phenoxy) is 7. The number of unbranched alkanes of at least 4 members (excludes halogenated alkanes) is 13. The molecule has 0 radical (unpaired) electrons. The summed E-state index contributed by atoms with van der Waals surface area (Å²) in [5.74, 6) is -0.536. The second-order valence-electron chi connectivity index (χ2n) is 12.2. The van der Waals surface area contributed by atoms with Gasteiger partial charge in [0, 0.05) is 6.61 Å². The molecule has 1 aliphatic rings. The average molecular weight is 680 g/mol. The number of carbonyl (C=O) groups excluding carboxylic acids is 2. The smallest absolute Gasteiger partial charge is 0.261 e. The van der Waals surface area contributed by atoms with Gasteiger partial charge in [-0.2, -0.15) is 0 Å². The first kappa shape index (κ1) is 42.2. The fraction of sp³-hybridized carbons (Fsp3) is 0.789. The van der Waals surface area contributed by atoms with E-state index in [1.165, 1.54) is 88.4 Å². The summed E-state index contributed by atoms with van der Waals surface area (Å²) in [6.45, 7) is 9.68. The van der Waals surface area contributed by atoms with Crippen molar-refractivity contribution < 1.29 is 42.7 Å². The topological polar surface area (TPSA) is 102 Å². The van der Waals surface area contributed by atoms with E-state index in [-0.39, 0.29) is 25.0 Å². The van der Waals surface area contributed by atoms with Crippen LogP contribution in [-0.2, 0) is 33.2 Å². The number of rotatable bonds is 36. The molecule has 0 aromatic heterocycles. The van der Waals surface area contributed by atoms with Gasteiger partial charge in [0.2, 0.25) is 0 Å². The van der Waals surface area contributed by atoms with Gasteiger partial charge >= 0.3 is 0 Å². The van der Waals surface area contributed by atoms with Crippen LogP contribution in [0.3, 0.4) is 0 Å². The largest absolute Gasteiger partial charge is 0.379 e. The maximum Gasteiger partial charge on any atom is 0.261 e. The predicted molar refractivity (Wildman–Crippen MR) is 188 cm³/mol. The minimum atomic E-state index is -0.268. The fourth-order valence-electron chi connectivity index (χ4n) is 5.42. The van der Waals surface area contributed by atoms with Crippen LogP contribution in [0.2, 0.25) is 0 Å². The van der Waals surface area contributed by atoms with Crippen molar-refractivity contribution in [3.05, 3.63) is 35.4 Å². The summed E-state index contributed by atoms with van der Waals surface area (Å²) in [4.78, 5) is 25.8. The molecule has 0 atom stereocenters. The molecule has 0 spiro atoms. The molecule has 1 aromatic rings. The van der Waals surface area contributed by atoms with Crippen molar-refractivity contribution in [2.75, 3.05) is 99.0 Å². The molecule has 2 amide bonds. The van der Waals surface area contributed by atoms with Gasteiger partial charge in [-0.05, 0) is 18.6 Å². The molecule has 48 heavy (non-hydrogen) atoms. The van der Waals surface area contributed by atoms with Crippen LogP contribution in [0, 0.1) is 0 Å². The third-order valence-corrected chi connectivity index (χ3v) is 8.21. The Kier molecular flexibility index (Phi) is 27.4. The van der Waals surface area contributed by atoms with Crippen molar-refractivity contribution in [3.8, 4) is 0 Å². The standard InChI is InChI=1S/C38H65NO9/c1-2-3-4-5-6-7-8-9-10-11-12-13-14-17-21-42-23-25-44-27-29-46-31-33-48-34-32-47-30-28-45-26-24-43-22-20-39-37(40)35-18-15-16-19-36(35)38(39)41/h15-16,18-19H,2-14,17,20-34H2,1H3. The van der Waals surface area contributed by atoms with Gasteiger partial charge in [0.15, 0.2) is 0 Å². The molecule has 10 nitrogen and oxygen atoms in total. The number of imide groups is 1. The number of amides is 2. The minimum absolute atomic E-state index is 0.226. The highest BCUT2D eigenvalue weighted by Gasteiger charge is 2.34. The third kappa shape index (κ3) is 21.2. The van der Waals surface area contributed by atoms with Crippen molar-refractivity contribution in [2.45, 2.75) is 96.8 Å². The molecular weight excluding hydrogens is 614 g/mol. The first-order valence-corrected chi connectivity index (χ1v) is 18.7. The lowest BCUT2D eigenvalue weighted by Gasteiger charge is -2.13. The van der Waals surface area contributed by atoms with Gasteiger partial charge in [0.05, 0.1) is 104 Å². The summed E-state index contributed by atoms with van der Waals surface area (Å²) in [5, 5.41) is 0. The molecule has 2 rings (SSSR count).